The van der Waals surface area contributed by atoms with E-state index < -0.39 is 0 Å². The van der Waals surface area contributed by atoms with Crippen molar-refractivity contribution in [1.82, 2.24) is 10.2 Å². The maximum atomic E-state index is 13.1. The molecule has 5 nitrogen and oxygen atoms in total. The molecule has 0 aromatic heterocycles. The lowest BCUT2D eigenvalue weighted by Gasteiger charge is -2.39. The van der Waals surface area contributed by atoms with E-state index in [2.05, 4.69) is 29.3 Å². The highest BCUT2D eigenvalue weighted by Crippen LogP contribution is 2.53. The van der Waals surface area contributed by atoms with E-state index in [1.807, 2.05) is 6.92 Å². The summed E-state index contributed by atoms with van der Waals surface area (Å²) in [5, 5.41) is 3.50. The van der Waals surface area contributed by atoms with Crippen molar-refractivity contribution < 1.29 is 14.3 Å². The van der Waals surface area contributed by atoms with Crippen molar-refractivity contribution >= 4 is 18.3 Å². The van der Waals surface area contributed by atoms with Crippen molar-refractivity contribution in [3.05, 3.63) is 23.3 Å². The molecule has 3 heterocycles. The summed E-state index contributed by atoms with van der Waals surface area (Å²) in [5.74, 6) is 2.68. The summed E-state index contributed by atoms with van der Waals surface area (Å²) in [6, 6.07) is 4.30. The Morgan fingerprint density at radius 1 is 1.31 bits per heavy atom. The summed E-state index contributed by atoms with van der Waals surface area (Å²) in [6.07, 6.45) is 5.67. The molecule has 3 unspecified atom stereocenters. The largest absolute Gasteiger partial charge is 0.494 e. The van der Waals surface area contributed by atoms with E-state index in [0.717, 1.165) is 63.4 Å². The van der Waals surface area contributed by atoms with Crippen LogP contribution in [0, 0.1) is 11.3 Å². The van der Waals surface area contributed by atoms with Gasteiger partial charge in [-0.2, -0.15) is 0 Å². The Morgan fingerprint density at radius 3 is 2.79 bits per heavy atom. The van der Waals surface area contributed by atoms with Gasteiger partial charge in [-0.15, -0.1) is 12.4 Å². The zero-order valence-corrected chi connectivity index (χ0v) is 18.4. The van der Waals surface area contributed by atoms with Crippen molar-refractivity contribution in [2.24, 2.45) is 11.3 Å². The van der Waals surface area contributed by atoms with Gasteiger partial charge in [0.05, 0.1) is 6.61 Å². The number of nitrogens with one attached hydrogen (secondary N) is 1. The second-order valence-electron chi connectivity index (χ2n) is 9.26. The molecule has 3 fully saturated rings. The molecule has 1 saturated carbocycles. The monoisotopic (exact) mass is 420 g/mol. The van der Waals surface area contributed by atoms with Gasteiger partial charge in [0, 0.05) is 49.0 Å². The third-order valence-electron chi connectivity index (χ3n) is 7.30. The fourth-order valence-corrected chi connectivity index (χ4v) is 5.50. The summed E-state index contributed by atoms with van der Waals surface area (Å²) in [7, 11) is 0. The smallest absolute Gasteiger partial charge is 0.226 e. The van der Waals surface area contributed by atoms with Gasteiger partial charge in [0.15, 0.2) is 0 Å². The molecule has 5 rings (SSSR count). The second kappa shape index (κ2) is 7.99. The summed E-state index contributed by atoms with van der Waals surface area (Å²) in [6.45, 7) is 8.89. The van der Waals surface area contributed by atoms with E-state index in [-0.39, 0.29) is 30.3 Å². The van der Waals surface area contributed by atoms with Gasteiger partial charge in [-0.25, -0.2) is 0 Å². The SMILES string of the molecule is CCOc1cc2c(cc1C1CC1C(=O)N1CCC3(CCNC3)CC1)OC(C)C2.Cl. The molecule has 2 saturated heterocycles. The van der Waals surface area contributed by atoms with Gasteiger partial charge in [0.2, 0.25) is 5.91 Å². The van der Waals surface area contributed by atoms with Crippen molar-refractivity contribution in [3.63, 3.8) is 0 Å². The number of amides is 1. The minimum Gasteiger partial charge on any atom is -0.494 e. The van der Waals surface area contributed by atoms with Crippen molar-refractivity contribution in [2.45, 2.75) is 58.0 Å². The molecule has 1 aromatic carbocycles. The van der Waals surface area contributed by atoms with Crippen molar-refractivity contribution in [3.8, 4) is 11.5 Å². The Hall–Kier alpha value is -1.46. The number of halogens is 1. The Morgan fingerprint density at radius 2 is 2.10 bits per heavy atom. The van der Waals surface area contributed by atoms with E-state index >= 15 is 0 Å². The van der Waals surface area contributed by atoms with Gasteiger partial charge in [0.25, 0.3) is 0 Å². The molecule has 3 aliphatic heterocycles. The number of carbonyl (C=O) groups is 1. The van der Waals surface area contributed by atoms with Crippen LogP contribution in [0.4, 0.5) is 0 Å². The highest BCUT2D eigenvalue weighted by molar-refractivity contribution is 5.85. The standard InChI is InChI=1S/C23H32N2O3.ClH/c1-3-27-21-11-16-10-15(2)28-20(16)13-18(21)17-12-19(17)22(26)25-8-5-23(6-9-25)4-7-24-14-23;/h11,13,15,17,19,24H,3-10,12,14H2,1-2H3;1H. The molecule has 29 heavy (non-hydrogen) atoms. The lowest BCUT2D eigenvalue weighted by Crippen LogP contribution is -2.44. The van der Waals surface area contributed by atoms with E-state index in [4.69, 9.17) is 9.47 Å². The van der Waals surface area contributed by atoms with Gasteiger partial charge >= 0.3 is 0 Å². The first-order chi connectivity index (χ1) is 13.6. The van der Waals surface area contributed by atoms with Gasteiger partial charge in [-0.3, -0.25) is 4.79 Å². The Balaban J connectivity index is 0.00000205. The van der Waals surface area contributed by atoms with Gasteiger partial charge in [-0.1, -0.05) is 0 Å². The third-order valence-corrected chi connectivity index (χ3v) is 7.30. The predicted molar refractivity (Wildman–Crippen MR) is 115 cm³/mol. The molecule has 1 N–H and O–H groups in total. The van der Waals surface area contributed by atoms with Gasteiger partial charge in [0.1, 0.15) is 17.6 Å². The van der Waals surface area contributed by atoms with Crippen LogP contribution in [-0.4, -0.2) is 49.7 Å². The number of benzene rings is 1. The molecule has 160 valence electrons. The van der Waals surface area contributed by atoms with E-state index in [1.54, 1.807) is 0 Å². The number of likely N-dealkylation sites (tertiary alicyclic amines) is 1. The van der Waals surface area contributed by atoms with Crippen LogP contribution in [0.25, 0.3) is 0 Å². The molecule has 3 atom stereocenters. The van der Waals surface area contributed by atoms with Crippen LogP contribution < -0.4 is 14.8 Å². The lowest BCUT2D eigenvalue weighted by molar-refractivity contribution is -0.134. The minimum atomic E-state index is 0. The molecule has 1 aliphatic carbocycles. The fourth-order valence-electron chi connectivity index (χ4n) is 5.50. The molecule has 0 bridgehead atoms. The first kappa shape index (κ1) is 20.8. The highest BCUT2D eigenvalue weighted by Gasteiger charge is 2.49. The molecule has 1 spiro atoms. The summed E-state index contributed by atoms with van der Waals surface area (Å²) < 4.78 is 11.9. The average molecular weight is 421 g/mol. The van der Waals surface area contributed by atoms with Gasteiger partial charge in [-0.05, 0) is 63.6 Å². The number of fused-ring (bicyclic) bond motifs is 1. The van der Waals surface area contributed by atoms with E-state index in [9.17, 15) is 4.79 Å². The Kier molecular flexibility index (Phi) is 5.73. The summed E-state index contributed by atoms with van der Waals surface area (Å²) in [4.78, 5) is 15.3. The number of nitrogens with zero attached hydrogens (tertiary/aromatic N) is 1. The Labute approximate surface area is 179 Å². The molecule has 1 amide bonds. The number of rotatable bonds is 4. The zero-order valence-electron chi connectivity index (χ0n) is 17.5. The topological polar surface area (TPSA) is 50.8 Å². The average Bonchev–Trinajstić information content (AvgIpc) is 3.21. The first-order valence-electron chi connectivity index (χ1n) is 11.0. The lowest BCUT2D eigenvalue weighted by atomic mass is 9.78. The van der Waals surface area contributed by atoms with E-state index in [0.29, 0.717) is 17.9 Å². The van der Waals surface area contributed by atoms with Crippen LogP contribution in [0.2, 0.25) is 0 Å². The number of carbonyl (C=O) groups excluding carboxylic acids is 1. The number of piperidine rings is 1. The molecular weight excluding hydrogens is 388 g/mol. The number of hydrogen-bond acceptors (Lipinski definition) is 4. The van der Waals surface area contributed by atoms with Crippen LogP contribution >= 0.6 is 12.4 Å². The van der Waals surface area contributed by atoms with E-state index in [1.165, 1.54) is 17.5 Å². The van der Waals surface area contributed by atoms with Crippen molar-refractivity contribution in [2.75, 3.05) is 32.8 Å². The van der Waals surface area contributed by atoms with Crippen LogP contribution in [0.15, 0.2) is 12.1 Å². The maximum Gasteiger partial charge on any atom is 0.226 e. The van der Waals surface area contributed by atoms with Crippen LogP contribution in [0.5, 0.6) is 11.5 Å². The molecule has 6 heteroatoms. The maximum absolute atomic E-state index is 13.1. The molecule has 1 aromatic rings. The normalized spacial score (nSPS) is 29.2. The second-order valence-corrected chi connectivity index (χ2v) is 9.26. The van der Waals surface area contributed by atoms with Crippen LogP contribution in [0.3, 0.4) is 0 Å². The quantitative estimate of drug-likeness (QED) is 0.809. The predicted octanol–water partition coefficient (Wildman–Crippen LogP) is 3.54. The summed E-state index contributed by atoms with van der Waals surface area (Å²) >= 11 is 0. The number of ether oxygens (including phenoxy) is 2. The highest BCUT2D eigenvalue weighted by atomic mass is 35.5. The molecule has 0 radical (unpaired) electrons. The first-order valence-corrected chi connectivity index (χ1v) is 11.0. The minimum absolute atomic E-state index is 0. The fraction of sp³-hybridized carbons (Fsp3) is 0.696. The summed E-state index contributed by atoms with van der Waals surface area (Å²) in [5.41, 5.74) is 2.85. The molecule has 4 aliphatic rings. The Bertz CT molecular complexity index is 768. The number of hydrogen-bond donors (Lipinski definition) is 1. The molecular formula is C23H33ClN2O3. The van der Waals surface area contributed by atoms with Crippen molar-refractivity contribution in [1.29, 1.82) is 0 Å². The third kappa shape index (κ3) is 3.84. The van der Waals surface area contributed by atoms with Crippen LogP contribution in [0.1, 0.15) is 56.6 Å². The van der Waals surface area contributed by atoms with Crippen LogP contribution in [-0.2, 0) is 11.2 Å². The zero-order chi connectivity index (χ0) is 19.3. The van der Waals surface area contributed by atoms with Gasteiger partial charge < -0.3 is 19.7 Å².